The fraction of sp³-hybridized carbons (Fsp3) is 0.174. The molecular formula is C23H22N6OS. The average Bonchev–Trinajstić information content (AvgIpc) is 3.53. The maximum Gasteiger partial charge on any atom is 0.321 e. The van der Waals surface area contributed by atoms with Crippen LogP contribution in [0, 0.1) is 0 Å². The summed E-state index contributed by atoms with van der Waals surface area (Å²) in [5.41, 5.74) is 3.91. The number of nitrogens with one attached hydrogen (secondary N) is 1. The van der Waals surface area contributed by atoms with Crippen molar-refractivity contribution in [2.45, 2.75) is 0 Å². The largest absolute Gasteiger partial charge is 0.345 e. The van der Waals surface area contributed by atoms with Crippen molar-refractivity contribution in [2.75, 3.05) is 36.4 Å². The summed E-state index contributed by atoms with van der Waals surface area (Å²) in [5, 5.41) is 6.10. The SMILES string of the molecule is O=C(Nc1ccc(-n2ccnc2)cc1)N1CCN(c2nc(-c3ccccc3)cs2)CC1. The van der Waals surface area contributed by atoms with E-state index in [-0.39, 0.29) is 6.03 Å². The summed E-state index contributed by atoms with van der Waals surface area (Å²) < 4.78 is 1.92. The maximum absolute atomic E-state index is 12.7. The Labute approximate surface area is 184 Å². The number of thiazole rings is 1. The molecule has 0 unspecified atom stereocenters. The number of amides is 2. The van der Waals surface area contributed by atoms with Gasteiger partial charge in [-0.1, -0.05) is 30.3 Å². The van der Waals surface area contributed by atoms with Gasteiger partial charge in [0.1, 0.15) is 0 Å². The Hall–Kier alpha value is -3.65. The lowest BCUT2D eigenvalue weighted by molar-refractivity contribution is 0.208. The fourth-order valence-corrected chi connectivity index (χ4v) is 4.47. The Morgan fingerprint density at radius 1 is 0.968 bits per heavy atom. The van der Waals surface area contributed by atoms with Crippen molar-refractivity contribution in [3.63, 3.8) is 0 Å². The van der Waals surface area contributed by atoms with Crippen molar-refractivity contribution in [1.82, 2.24) is 19.4 Å². The predicted molar refractivity (Wildman–Crippen MR) is 124 cm³/mol. The number of benzene rings is 2. The maximum atomic E-state index is 12.7. The lowest BCUT2D eigenvalue weighted by Gasteiger charge is -2.34. The molecule has 2 aromatic carbocycles. The second-order valence-corrected chi connectivity index (χ2v) is 8.14. The third-order valence-corrected chi connectivity index (χ3v) is 6.22. The molecule has 1 aliphatic rings. The van der Waals surface area contributed by atoms with Crippen LogP contribution in [0.4, 0.5) is 15.6 Å². The van der Waals surface area contributed by atoms with Gasteiger partial charge < -0.3 is 19.7 Å². The highest BCUT2D eigenvalue weighted by atomic mass is 32.1. The lowest BCUT2D eigenvalue weighted by atomic mass is 10.2. The molecule has 0 atom stereocenters. The molecule has 0 saturated carbocycles. The van der Waals surface area contributed by atoms with E-state index in [0.717, 1.165) is 40.9 Å². The van der Waals surface area contributed by atoms with E-state index < -0.39 is 0 Å². The van der Waals surface area contributed by atoms with Gasteiger partial charge in [0.2, 0.25) is 0 Å². The highest BCUT2D eigenvalue weighted by Crippen LogP contribution is 2.28. The molecule has 3 heterocycles. The molecule has 7 nitrogen and oxygen atoms in total. The van der Waals surface area contributed by atoms with Crippen LogP contribution in [0.1, 0.15) is 0 Å². The zero-order valence-electron chi connectivity index (χ0n) is 16.9. The van der Waals surface area contributed by atoms with Crippen molar-refractivity contribution in [2.24, 2.45) is 0 Å². The molecule has 0 radical (unpaired) electrons. The number of urea groups is 1. The van der Waals surface area contributed by atoms with Crippen molar-refractivity contribution in [3.8, 4) is 16.9 Å². The van der Waals surface area contributed by atoms with Crippen LogP contribution in [0.5, 0.6) is 0 Å². The molecule has 31 heavy (non-hydrogen) atoms. The van der Waals surface area contributed by atoms with Crippen molar-refractivity contribution >= 4 is 28.2 Å². The predicted octanol–water partition coefficient (Wildman–Crippen LogP) is 4.35. The number of carbonyl (C=O) groups excluding carboxylic acids is 1. The Morgan fingerprint density at radius 2 is 1.74 bits per heavy atom. The van der Waals surface area contributed by atoms with Gasteiger partial charge in [-0.05, 0) is 24.3 Å². The number of piperazine rings is 1. The van der Waals surface area contributed by atoms with E-state index >= 15 is 0 Å². The number of aromatic nitrogens is 3. The number of nitrogens with zero attached hydrogens (tertiary/aromatic N) is 5. The van der Waals surface area contributed by atoms with E-state index in [0.29, 0.717) is 13.1 Å². The van der Waals surface area contributed by atoms with Gasteiger partial charge in [0, 0.05) is 60.9 Å². The lowest BCUT2D eigenvalue weighted by Crippen LogP contribution is -2.50. The van der Waals surface area contributed by atoms with Gasteiger partial charge in [0.25, 0.3) is 0 Å². The van der Waals surface area contributed by atoms with Gasteiger partial charge in [0.15, 0.2) is 5.13 Å². The molecule has 0 spiro atoms. The smallest absolute Gasteiger partial charge is 0.321 e. The number of hydrogen-bond donors (Lipinski definition) is 1. The minimum atomic E-state index is -0.0702. The normalized spacial score (nSPS) is 13.9. The van der Waals surface area contributed by atoms with E-state index in [1.165, 1.54) is 0 Å². The molecule has 156 valence electrons. The summed E-state index contributed by atoms with van der Waals surface area (Å²) in [5.74, 6) is 0. The van der Waals surface area contributed by atoms with Crippen LogP contribution in [-0.4, -0.2) is 51.6 Å². The van der Waals surface area contributed by atoms with Crippen LogP contribution in [0.15, 0.2) is 78.7 Å². The second-order valence-electron chi connectivity index (χ2n) is 7.30. The summed E-state index contributed by atoms with van der Waals surface area (Å²) in [7, 11) is 0. The third kappa shape index (κ3) is 4.29. The van der Waals surface area contributed by atoms with Gasteiger partial charge in [-0.15, -0.1) is 11.3 Å². The summed E-state index contributed by atoms with van der Waals surface area (Å²) >= 11 is 1.65. The summed E-state index contributed by atoms with van der Waals surface area (Å²) in [4.78, 5) is 25.6. The van der Waals surface area contributed by atoms with Gasteiger partial charge in [0.05, 0.1) is 12.0 Å². The summed E-state index contributed by atoms with van der Waals surface area (Å²) in [6.07, 6.45) is 5.38. The Morgan fingerprint density at radius 3 is 2.45 bits per heavy atom. The number of imidazole rings is 1. The van der Waals surface area contributed by atoms with Crippen LogP contribution in [0.25, 0.3) is 16.9 Å². The molecule has 2 amide bonds. The van der Waals surface area contributed by atoms with Crippen LogP contribution in [0.2, 0.25) is 0 Å². The quantitative estimate of drug-likeness (QED) is 0.523. The topological polar surface area (TPSA) is 66.3 Å². The monoisotopic (exact) mass is 430 g/mol. The van der Waals surface area contributed by atoms with Crippen LogP contribution in [-0.2, 0) is 0 Å². The molecular weight excluding hydrogens is 408 g/mol. The molecule has 2 aromatic heterocycles. The van der Waals surface area contributed by atoms with Gasteiger partial charge in [-0.25, -0.2) is 14.8 Å². The van der Waals surface area contributed by atoms with Gasteiger partial charge >= 0.3 is 6.03 Å². The summed E-state index contributed by atoms with van der Waals surface area (Å²) in [6.45, 7) is 2.88. The third-order valence-electron chi connectivity index (χ3n) is 5.32. The minimum absolute atomic E-state index is 0.0702. The molecule has 0 bridgehead atoms. The molecule has 0 aliphatic carbocycles. The van der Waals surface area contributed by atoms with Crippen molar-refractivity contribution in [1.29, 1.82) is 0 Å². The Bertz CT molecular complexity index is 1130. The molecule has 1 fully saturated rings. The molecule has 1 aliphatic heterocycles. The Balaban J connectivity index is 1.16. The van der Waals surface area contributed by atoms with Crippen molar-refractivity contribution < 1.29 is 4.79 Å². The zero-order chi connectivity index (χ0) is 21.0. The van der Waals surface area contributed by atoms with Crippen LogP contribution in [0.3, 0.4) is 0 Å². The number of rotatable bonds is 4. The summed E-state index contributed by atoms with van der Waals surface area (Å²) in [6, 6.07) is 17.9. The van der Waals surface area contributed by atoms with E-state index in [1.54, 1.807) is 23.9 Å². The first-order chi connectivity index (χ1) is 15.3. The Kier molecular flexibility index (Phi) is 5.37. The van der Waals surface area contributed by atoms with E-state index in [4.69, 9.17) is 4.98 Å². The highest BCUT2D eigenvalue weighted by molar-refractivity contribution is 7.14. The number of hydrogen-bond acceptors (Lipinski definition) is 5. The first kappa shape index (κ1) is 19.3. The van der Waals surface area contributed by atoms with E-state index in [9.17, 15) is 4.79 Å². The van der Waals surface area contributed by atoms with Crippen LogP contribution < -0.4 is 10.2 Å². The molecule has 8 heteroatoms. The van der Waals surface area contributed by atoms with E-state index in [1.807, 2.05) is 58.1 Å². The second kappa shape index (κ2) is 8.61. The molecule has 5 rings (SSSR count). The first-order valence-electron chi connectivity index (χ1n) is 10.2. The van der Waals surface area contributed by atoms with Gasteiger partial charge in [-0.2, -0.15) is 0 Å². The highest BCUT2D eigenvalue weighted by Gasteiger charge is 2.23. The van der Waals surface area contributed by atoms with Gasteiger partial charge in [-0.3, -0.25) is 0 Å². The zero-order valence-corrected chi connectivity index (χ0v) is 17.7. The number of carbonyl (C=O) groups is 1. The minimum Gasteiger partial charge on any atom is -0.345 e. The standard InChI is InChI=1S/C23H22N6OS/c30-22(25-19-6-8-20(9-7-19)29-11-10-24-17-29)27-12-14-28(15-13-27)23-26-21(16-31-23)18-4-2-1-3-5-18/h1-11,16-17H,12-15H2,(H,25,30). The van der Waals surface area contributed by atoms with Crippen LogP contribution >= 0.6 is 11.3 Å². The molecule has 1 N–H and O–H groups in total. The number of anilines is 2. The first-order valence-corrected chi connectivity index (χ1v) is 11.0. The average molecular weight is 431 g/mol. The fourth-order valence-electron chi connectivity index (χ4n) is 3.58. The molecule has 1 saturated heterocycles. The molecule has 4 aromatic rings. The van der Waals surface area contributed by atoms with E-state index in [2.05, 4.69) is 32.7 Å². The van der Waals surface area contributed by atoms with Crippen molar-refractivity contribution in [3.05, 3.63) is 78.7 Å².